The van der Waals surface area contributed by atoms with E-state index in [2.05, 4.69) is 71.3 Å². The summed E-state index contributed by atoms with van der Waals surface area (Å²) in [6.07, 6.45) is 14.4. The van der Waals surface area contributed by atoms with Gasteiger partial charge in [-0.3, -0.25) is 4.90 Å². The van der Waals surface area contributed by atoms with Gasteiger partial charge in [0.05, 0.1) is 6.42 Å². The Morgan fingerprint density at radius 2 is 2.10 bits per heavy atom. The molecule has 0 N–H and O–H groups in total. The number of rotatable bonds is 6. The fourth-order valence-corrected chi connectivity index (χ4v) is 3.98. The number of allylic oxidation sites excluding steroid dienone is 4. The van der Waals surface area contributed by atoms with Crippen LogP contribution in [0.25, 0.3) is 4.85 Å². The van der Waals surface area contributed by atoms with Crippen LogP contribution >= 0.6 is 11.6 Å². The van der Waals surface area contributed by atoms with Crippen LogP contribution < -0.4 is 0 Å². The average Bonchev–Trinajstić information content (AvgIpc) is 3.09. The summed E-state index contributed by atoms with van der Waals surface area (Å²) >= 11 is 6.28. The highest BCUT2D eigenvalue weighted by molar-refractivity contribution is 6.19. The molecule has 0 bridgehead atoms. The molecule has 1 aliphatic carbocycles. The van der Waals surface area contributed by atoms with Crippen molar-refractivity contribution in [2.24, 2.45) is 4.99 Å². The lowest BCUT2D eigenvalue weighted by molar-refractivity contribution is 0.313. The first-order valence-electron chi connectivity index (χ1n) is 10.2. The van der Waals surface area contributed by atoms with E-state index in [0.717, 1.165) is 44.6 Å². The Hall–Kier alpha value is -2.41. The largest absolute Gasteiger partial charge is 0.405 e. The molecule has 0 saturated heterocycles. The van der Waals surface area contributed by atoms with E-state index < -0.39 is 0 Å². The number of halogens is 1. The van der Waals surface area contributed by atoms with Crippen LogP contribution in [-0.4, -0.2) is 36.2 Å². The molecule has 150 valence electrons. The third kappa shape index (κ3) is 6.56. The van der Waals surface area contributed by atoms with E-state index in [-0.39, 0.29) is 0 Å². The quantitative estimate of drug-likeness (QED) is 0.325. The summed E-state index contributed by atoms with van der Waals surface area (Å²) in [6.45, 7) is 10.7. The lowest BCUT2D eigenvalue weighted by atomic mass is 10.1. The Morgan fingerprint density at radius 1 is 1.24 bits per heavy atom. The summed E-state index contributed by atoms with van der Waals surface area (Å²) in [5.74, 6) is 1.15. The van der Waals surface area contributed by atoms with Crippen molar-refractivity contribution >= 4 is 17.4 Å². The van der Waals surface area contributed by atoms with Gasteiger partial charge < -0.3 is 0 Å². The lowest BCUT2D eigenvalue weighted by Crippen LogP contribution is -2.27. The first-order chi connectivity index (χ1) is 14.2. The molecule has 0 radical (unpaired) electrons. The maximum atomic E-state index is 6.28. The Labute approximate surface area is 179 Å². The fraction of sp³-hybridized carbons (Fsp3) is 0.360. The lowest BCUT2D eigenvalue weighted by Gasteiger charge is -2.20. The van der Waals surface area contributed by atoms with E-state index in [9.17, 15) is 0 Å². The number of aliphatic imine (C=N–C) groups is 1. The summed E-state index contributed by atoms with van der Waals surface area (Å²) < 4.78 is 0. The molecule has 4 heteroatoms. The maximum Gasteiger partial charge on any atom is 0.405 e. The van der Waals surface area contributed by atoms with Crippen LogP contribution in [0, 0.1) is 13.5 Å². The van der Waals surface area contributed by atoms with E-state index in [1.807, 2.05) is 0 Å². The molecule has 1 aromatic carbocycles. The van der Waals surface area contributed by atoms with Gasteiger partial charge in [0.2, 0.25) is 0 Å². The second-order valence-electron chi connectivity index (χ2n) is 7.59. The summed E-state index contributed by atoms with van der Waals surface area (Å²) in [5.41, 5.74) is 5.98. The Kier molecular flexibility index (Phi) is 8.04. The van der Waals surface area contributed by atoms with Gasteiger partial charge in [-0.2, -0.15) is 4.85 Å². The first kappa shape index (κ1) is 21.3. The van der Waals surface area contributed by atoms with Gasteiger partial charge in [-0.15, -0.1) is 11.6 Å². The summed E-state index contributed by atoms with van der Waals surface area (Å²) in [6, 6.07) is 8.37. The number of benzene rings is 1. The molecule has 0 fully saturated rings. The van der Waals surface area contributed by atoms with Gasteiger partial charge in [0.1, 0.15) is 6.57 Å². The van der Waals surface area contributed by atoms with Gasteiger partial charge in [-0.1, -0.05) is 60.2 Å². The highest BCUT2D eigenvalue weighted by atomic mass is 35.5. The van der Waals surface area contributed by atoms with Crippen LogP contribution in [0.5, 0.6) is 0 Å². The normalized spacial score (nSPS) is 18.2. The van der Waals surface area contributed by atoms with E-state index in [4.69, 9.17) is 23.2 Å². The van der Waals surface area contributed by atoms with Crippen LogP contribution in [-0.2, 0) is 6.42 Å². The molecule has 0 aromatic heterocycles. The third-order valence-corrected chi connectivity index (χ3v) is 5.60. The molecular weight excluding hydrogens is 378 g/mol. The van der Waals surface area contributed by atoms with Gasteiger partial charge in [-0.25, -0.2) is 0 Å². The Morgan fingerprint density at radius 3 is 2.90 bits per heavy atom. The zero-order chi connectivity index (χ0) is 20.5. The highest BCUT2D eigenvalue weighted by Crippen LogP contribution is 2.23. The number of alkyl halides is 1. The average molecular weight is 407 g/mol. The molecule has 0 saturated carbocycles. The van der Waals surface area contributed by atoms with Crippen molar-refractivity contribution in [3.63, 3.8) is 0 Å². The van der Waals surface area contributed by atoms with Crippen LogP contribution in [0.3, 0.4) is 0 Å². The molecule has 0 unspecified atom stereocenters. The van der Waals surface area contributed by atoms with E-state index in [1.54, 1.807) is 0 Å². The smallest absolute Gasteiger partial charge is 0.298 e. The van der Waals surface area contributed by atoms with Crippen molar-refractivity contribution in [3.05, 3.63) is 87.5 Å². The molecule has 0 spiro atoms. The second kappa shape index (κ2) is 11.0. The van der Waals surface area contributed by atoms with Crippen LogP contribution in [0.15, 0.2) is 76.5 Å². The molecule has 1 heterocycles. The van der Waals surface area contributed by atoms with Gasteiger partial charge in [-0.05, 0) is 41.5 Å². The minimum Gasteiger partial charge on any atom is -0.298 e. The summed E-state index contributed by atoms with van der Waals surface area (Å²) in [7, 11) is 0. The molecule has 29 heavy (non-hydrogen) atoms. The number of nitrogens with zero attached hydrogens (tertiary/aromatic N) is 3. The predicted molar refractivity (Wildman–Crippen MR) is 125 cm³/mol. The van der Waals surface area contributed by atoms with Gasteiger partial charge in [0.15, 0.2) is 5.70 Å². The molecule has 3 nitrogen and oxygen atoms in total. The van der Waals surface area contributed by atoms with Crippen molar-refractivity contribution in [3.8, 4) is 6.57 Å². The summed E-state index contributed by atoms with van der Waals surface area (Å²) in [4.78, 5) is 11.3. The van der Waals surface area contributed by atoms with Crippen molar-refractivity contribution in [1.29, 1.82) is 0 Å². The molecule has 2 aliphatic rings. The van der Waals surface area contributed by atoms with Crippen molar-refractivity contribution in [1.82, 2.24) is 4.90 Å². The molecule has 1 aliphatic heterocycles. The highest BCUT2D eigenvalue weighted by Gasteiger charge is 2.22. The van der Waals surface area contributed by atoms with Crippen LogP contribution in [0.2, 0.25) is 0 Å². The Balaban J connectivity index is 1.71. The zero-order valence-electron chi connectivity index (χ0n) is 17.1. The molecule has 0 atom stereocenters. The van der Waals surface area contributed by atoms with E-state index in [0.29, 0.717) is 18.1 Å². The fourth-order valence-electron chi connectivity index (χ4n) is 3.69. The summed E-state index contributed by atoms with van der Waals surface area (Å²) in [5, 5.41) is 0. The van der Waals surface area contributed by atoms with Crippen LogP contribution in [0.4, 0.5) is 0 Å². The standard InChI is InChI=1S/C25H29ClN3/c1-20-8-7-11-22(16-20)17-25(27-2)28-24-13-15-29(14-12-23(24)18-26)19-21-9-5-3-4-6-10-21/h2-3,5-11,16H,4,12-15,17-19H2,1H3/q+1. The van der Waals surface area contributed by atoms with Crippen molar-refractivity contribution in [2.45, 2.75) is 32.6 Å². The van der Waals surface area contributed by atoms with E-state index >= 15 is 0 Å². The molecule has 3 rings (SSSR count). The third-order valence-electron chi connectivity index (χ3n) is 5.28. The number of aryl methyl sites for hydroxylation is 1. The SMILES string of the molecule is C#[N+]C(Cc1cccc(C)c1)=NC1=C(CCl)CCN(CC2=CC=CCC=C2)CC1. The maximum absolute atomic E-state index is 6.28. The minimum absolute atomic E-state index is 0.500. The van der Waals surface area contributed by atoms with Crippen molar-refractivity contribution < 1.29 is 0 Å². The van der Waals surface area contributed by atoms with Gasteiger partial charge in [0, 0.05) is 31.9 Å². The molecule has 1 aromatic rings. The van der Waals surface area contributed by atoms with Gasteiger partial charge in [0.25, 0.3) is 0 Å². The first-order valence-corrected chi connectivity index (χ1v) is 10.8. The van der Waals surface area contributed by atoms with Gasteiger partial charge >= 0.3 is 5.84 Å². The number of hydrogen-bond donors (Lipinski definition) is 0. The van der Waals surface area contributed by atoms with Crippen LogP contribution in [0.1, 0.15) is 30.4 Å². The van der Waals surface area contributed by atoms with Crippen molar-refractivity contribution in [2.75, 3.05) is 25.5 Å². The zero-order valence-corrected chi connectivity index (χ0v) is 17.9. The second-order valence-corrected chi connectivity index (χ2v) is 7.86. The number of amidine groups is 1. The monoisotopic (exact) mass is 406 g/mol. The van der Waals surface area contributed by atoms with E-state index in [1.165, 1.54) is 22.3 Å². The number of hydrogen-bond acceptors (Lipinski definition) is 2. The molecular formula is C25H29ClN3+. The topological polar surface area (TPSA) is 20.0 Å². The minimum atomic E-state index is 0.500. The molecule has 0 amide bonds. The Bertz CT molecular complexity index is 912. The predicted octanol–water partition coefficient (Wildman–Crippen LogP) is 5.93.